The Bertz CT molecular complexity index is 570. The zero-order valence-electron chi connectivity index (χ0n) is 10.7. The van der Waals surface area contributed by atoms with E-state index < -0.39 is 17.7 Å². The summed E-state index contributed by atoms with van der Waals surface area (Å²) >= 11 is 9.18. The second-order valence-corrected chi connectivity index (χ2v) is 5.89. The number of esters is 2. The van der Waals surface area contributed by atoms with E-state index in [-0.39, 0.29) is 5.57 Å². The normalized spacial score (nSPS) is 17.3. The van der Waals surface area contributed by atoms with Crippen LogP contribution < -0.4 is 5.32 Å². The number of anilines is 1. The fraction of sp³-hybridized carbons (Fsp3) is 0.231. The average molecular weight is 361 g/mol. The number of benzene rings is 1. The maximum Gasteiger partial charge on any atom is 0.350 e. The molecule has 1 fully saturated rings. The molecule has 1 aromatic rings. The molecule has 0 bridgehead atoms. The van der Waals surface area contributed by atoms with Crippen LogP contribution in [-0.2, 0) is 19.1 Å². The molecule has 1 heterocycles. The first-order valence-corrected chi connectivity index (χ1v) is 6.83. The van der Waals surface area contributed by atoms with E-state index in [4.69, 9.17) is 21.1 Å². The van der Waals surface area contributed by atoms with Crippen LogP contribution in [0.1, 0.15) is 13.8 Å². The summed E-state index contributed by atoms with van der Waals surface area (Å²) in [6.07, 6.45) is 1.23. The van der Waals surface area contributed by atoms with E-state index >= 15 is 0 Å². The van der Waals surface area contributed by atoms with E-state index in [9.17, 15) is 9.59 Å². The number of halogens is 2. The second kappa shape index (κ2) is 5.46. The first-order valence-electron chi connectivity index (χ1n) is 5.66. The largest absolute Gasteiger partial charge is 0.419 e. The molecular weight excluding hydrogens is 350 g/mol. The lowest BCUT2D eigenvalue weighted by Gasteiger charge is -2.29. The minimum Gasteiger partial charge on any atom is -0.419 e. The maximum atomic E-state index is 11.7. The first kappa shape index (κ1) is 14.9. The Morgan fingerprint density at radius 2 is 1.80 bits per heavy atom. The van der Waals surface area contributed by atoms with Crippen molar-refractivity contribution in [1.82, 2.24) is 0 Å². The van der Waals surface area contributed by atoms with Crippen molar-refractivity contribution in [3.8, 4) is 0 Å². The Hall–Kier alpha value is -1.53. The molecule has 0 unspecified atom stereocenters. The molecule has 2 rings (SSSR count). The lowest BCUT2D eigenvalue weighted by Crippen LogP contribution is -2.42. The Labute approximate surface area is 129 Å². The van der Waals surface area contributed by atoms with Crippen molar-refractivity contribution in [2.75, 3.05) is 5.32 Å². The molecule has 5 nitrogen and oxygen atoms in total. The number of hydrogen-bond donors (Lipinski definition) is 1. The Kier molecular flexibility index (Phi) is 4.06. The van der Waals surface area contributed by atoms with Gasteiger partial charge in [-0.05, 0) is 18.2 Å². The van der Waals surface area contributed by atoms with Crippen LogP contribution in [0.15, 0.2) is 34.4 Å². The molecule has 20 heavy (non-hydrogen) atoms. The molecule has 0 spiro atoms. The fourth-order valence-electron chi connectivity index (χ4n) is 1.57. The van der Waals surface area contributed by atoms with Crippen LogP contribution in [0.5, 0.6) is 0 Å². The molecule has 1 aliphatic heterocycles. The minimum atomic E-state index is -1.25. The SMILES string of the molecule is CC1(C)OC(=O)C(=CNc2cc(Cl)cc(Br)c2)C(=O)O1. The standard InChI is InChI=1S/C13H11BrClNO4/c1-13(2)19-11(17)10(12(18)20-13)6-16-9-4-7(14)3-8(15)5-9/h3-6,16H,1-2H3. The van der Waals surface area contributed by atoms with Gasteiger partial charge in [0.15, 0.2) is 5.57 Å². The Morgan fingerprint density at radius 3 is 2.35 bits per heavy atom. The maximum absolute atomic E-state index is 11.7. The molecule has 1 N–H and O–H groups in total. The number of hydrogen-bond acceptors (Lipinski definition) is 5. The van der Waals surface area contributed by atoms with Crippen LogP contribution in [-0.4, -0.2) is 17.7 Å². The topological polar surface area (TPSA) is 64.6 Å². The van der Waals surface area contributed by atoms with Gasteiger partial charge in [0.05, 0.1) is 0 Å². The number of rotatable bonds is 2. The van der Waals surface area contributed by atoms with Gasteiger partial charge in [0.1, 0.15) is 0 Å². The molecule has 0 atom stereocenters. The van der Waals surface area contributed by atoms with Crippen molar-refractivity contribution >= 4 is 45.2 Å². The molecule has 0 saturated carbocycles. The molecule has 1 aromatic carbocycles. The van der Waals surface area contributed by atoms with Gasteiger partial charge in [-0.25, -0.2) is 9.59 Å². The summed E-state index contributed by atoms with van der Waals surface area (Å²) in [5.41, 5.74) is 0.405. The van der Waals surface area contributed by atoms with Gasteiger partial charge in [0, 0.05) is 35.2 Å². The van der Waals surface area contributed by atoms with Crippen LogP contribution in [0.2, 0.25) is 5.02 Å². The zero-order chi connectivity index (χ0) is 14.9. The monoisotopic (exact) mass is 359 g/mol. The van der Waals surface area contributed by atoms with Gasteiger partial charge in [-0.3, -0.25) is 0 Å². The van der Waals surface area contributed by atoms with E-state index in [0.717, 1.165) is 4.47 Å². The highest BCUT2D eigenvalue weighted by Crippen LogP contribution is 2.25. The third-order valence-corrected chi connectivity index (χ3v) is 3.04. The summed E-state index contributed by atoms with van der Waals surface area (Å²) in [5, 5.41) is 3.32. The van der Waals surface area contributed by atoms with Crippen molar-refractivity contribution in [2.24, 2.45) is 0 Å². The molecule has 1 aliphatic rings. The van der Waals surface area contributed by atoms with Crippen LogP contribution >= 0.6 is 27.5 Å². The van der Waals surface area contributed by atoms with Crippen LogP contribution in [0.3, 0.4) is 0 Å². The smallest absolute Gasteiger partial charge is 0.350 e. The van der Waals surface area contributed by atoms with E-state index in [0.29, 0.717) is 10.7 Å². The zero-order valence-corrected chi connectivity index (χ0v) is 13.0. The van der Waals surface area contributed by atoms with Crippen LogP contribution in [0.4, 0.5) is 5.69 Å². The third-order valence-electron chi connectivity index (χ3n) is 2.36. The van der Waals surface area contributed by atoms with Gasteiger partial charge in [0.2, 0.25) is 0 Å². The summed E-state index contributed by atoms with van der Waals surface area (Å²) < 4.78 is 10.7. The summed E-state index contributed by atoms with van der Waals surface area (Å²) in [6.45, 7) is 2.97. The quantitative estimate of drug-likeness (QED) is 0.498. The molecule has 1 saturated heterocycles. The highest BCUT2D eigenvalue weighted by atomic mass is 79.9. The summed E-state index contributed by atoms with van der Waals surface area (Å²) in [6, 6.07) is 5.10. The van der Waals surface area contributed by atoms with Crippen molar-refractivity contribution in [3.05, 3.63) is 39.5 Å². The van der Waals surface area contributed by atoms with Gasteiger partial charge in [-0.1, -0.05) is 27.5 Å². The molecule has 0 radical (unpaired) electrons. The van der Waals surface area contributed by atoms with E-state index in [1.54, 1.807) is 18.2 Å². The van der Waals surface area contributed by atoms with Crippen LogP contribution in [0.25, 0.3) is 0 Å². The Morgan fingerprint density at radius 1 is 1.20 bits per heavy atom. The molecule has 0 aromatic heterocycles. The van der Waals surface area contributed by atoms with Gasteiger partial charge in [-0.15, -0.1) is 0 Å². The van der Waals surface area contributed by atoms with Crippen molar-refractivity contribution in [1.29, 1.82) is 0 Å². The van der Waals surface area contributed by atoms with Crippen molar-refractivity contribution in [2.45, 2.75) is 19.6 Å². The first-order chi connectivity index (χ1) is 9.27. The summed E-state index contributed by atoms with van der Waals surface area (Å²) in [7, 11) is 0. The summed E-state index contributed by atoms with van der Waals surface area (Å²) in [4.78, 5) is 23.4. The molecule has 0 amide bonds. The van der Waals surface area contributed by atoms with Gasteiger partial charge in [-0.2, -0.15) is 0 Å². The summed E-state index contributed by atoms with van der Waals surface area (Å²) in [5.74, 6) is -2.72. The van der Waals surface area contributed by atoms with Gasteiger partial charge < -0.3 is 14.8 Å². The average Bonchev–Trinajstić information content (AvgIpc) is 2.24. The highest BCUT2D eigenvalue weighted by Gasteiger charge is 2.38. The van der Waals surface area contributed by atoms with Crippen LogP contribution in [0, 0.1) is 0 Å². The molecule has 0 aliphatic carbocycles. The third kappa shape index (κ3) is 3.52. The number of ether oxygens (including phenoxy) is 2. The van der Waals surface area contributed by atoms with E-state index in [2.05, 4.69) is 21.2 Å². The molecule has 106 valence electrons. The van der Waals surface area contributed by atoms with Crippen molar-refractivity contribution < 1.29 is 19.1 Å². The van der Waals surface area contributed by atoms with Crippen molar-refractivity contribution in [3.63, 3.8) is 0 Å². The predicted molar refractivity (Wildman–Crippen MR) is 77.1 cm³/mol. The van der Waals surface area contributed by atoms with Gasteiger partial charge >= 0.3 is 11.9 Å². The lowest BCUT2D eigenvalue weighted by molar-refractivity contribution is -0.222. The molecule has 7 heteroatoms. The number of carbonyl (C=O) groups excluding carboxylic acids is 2. The highest BCUT2D eigenvalue weighted by molar-refractivity contribution is 9.10. The Balaban J connectivity index is 2.19. The van der Waals surface area contributed by atoms with E-state index in [1.807, 2.05) is 0 Å². The van der Waals surface area contributed by atoms with E-state index in [1.165, 1.54) is 20.0 Å². The lowest BCUT2D eigenvalue weighted by atomic mass is 10.2. The number of nitrogens with one attached hydrogen (secondary N) is 1. The minimum absolute atomic E-state index is 0.208. The predicted octanol–water partition coefficient (Wildman–Crippen LogP) is 3.23. The molecular formula is C13H11BrClNO4. The van der Waals surface area contributed by atoms with Gasteiger partial charge in [0.25, 0.3) is 5.79 Å². The fourth-order valence-corrected chi connectivity index (χ4v) is 2.43. The number of cyclic esters (lactones) is 2. The number of carbonyl (C=O) groups is 2. The second-order valence-electron chi connectivity index (χ2n) is 4.54.